The van der Waals surface area contributed by atoms with E-state index in [-0.39, 0.29) is 0 Å². The normalized spacial score (nSPS) is 11.5. The molecule has 0 spiro atoms. The van der Waals surface area contributed by atoms with Crippen LogP contribution in [0.1, 0.15) is 61.8 Å². The highest BCUT2D eigenvalue weighted by Gasteiger charge is 2.12. The second-order valence-electron chi connectivity index (χ2n) is 6.72. The third-order valence-corrected chi connectivity index (χ3v) is 4.89. The molecule has 0 aliphatic carbocycles. The predicted octanol–water partition coefficient (Wildman–Crippen LogP) is 5.27. The van der Waals surface area contributed by atoms with Gasteiger partial charge in [-0.1, -0.05) is 39.8 Å². The summed E-state index contributed by atoms with van der Waals surface area (Å²) in [6.07, 6.45) is 0.821. The second kappa shape index (κ2) is 7.10. The summed E-state index contributed by atoms with van der Waals surface area (Å²) in [6.45, 7) is 8.59. The average Bonchev–Trinajstić information content (AvgIpc) is 2.45. The first-order chi connectivity index (χ1) is 10.7. The van der Waals surface area contributed by atoms with E-state index in [4.69, 9.17) is 11.5 Å². The van der Waals surface area contributed by atoms with Crippen LogP contribution in [0.25, 0.3) is 0 Å². The topological polar surface area (TPSA) is 52.0 Å². The summed E-state index contributed by atoms with van der Waals surface area (Å²) in [5.74, 6) is 0.748. The molecule has 2 aromatic rings. The molecule has 4 heteroatoms. The second-order valence-corrected chi connectivity index (χ2v) is 7.69. The first-order valence-electron chi connectivity index (χ1n) is 7.93. The first-order valence-corrected chi connectivity index (χ1v) is 8.82. The Morgan fingerprint density at radius 1 is 0.739 bits per heavy atom. The Kier molecular flexibility index (Phi) is 5.58. The van der Waals surface area contributed by atoms with Gasteiger partial charge in [-0.2, -0.15) is 0 Å². The van der Waals surface area contributed by atoms with Gasteiger partial charge in [0.2, 0.25) is 0 Å². The molecule has 0 heterocycles. The van der Waals surface area contributed by atoms with Crippen molar-refractivity contribution >= 4 is 36.6 Å². The Morgan fingerprint density at radius 2 is 1.09 bits per heavy atom. The SMILES string of the molecule is CC(C)c1cc(Cc2cc(S)c(N)c(C(C)C)c2)cc(S)c1N. The Bertz CT molecular complexity index is 660. The van der Waals surface area contributed by atoms with Crippen LogP contribution in [-0.2, 0) is 6.42 Å². The molecule has 2 rings (SSSR count). The van der Waals surface area contributed by atoms with Crippen molar-refractivity contribution in [2.75, 3.05) is 11.5 Å². The number of nitrogens with two attached hydrogens (primary N) is 2. The molecule has 124 valence electrons. The summed E-state index contributed by atoms with van der Waals surface area (Å²) in [7, 11) is 0. The lowest BCUT2D eigenvalue weighted by Crippen LogP contribution is -2.03. The molecule has 0 saturated carbocycles. The molecule has 0 fully saturated rings. The van der Waals surface area contributed by atoms with Gasteiger partial charge in [-0.15, -0.1) is 25.3 Å². The zero-order valence-electron chi connectivity index (χ0n) is 14.2. The zero-order valence-corrected chi connectivity index (χ0v) is 16.0. The highest BCUT2D eigenvalue weighted by molar-refractivity contribution is 7.80. The van der Waals surface area contributed by atoms with Crippen LogP contribution in [-0.4, -0.2) is 0 Å². The fourth-order valence-corrected chi connectivity index (χ4v) is 3.43. The summed E-state index contributed by atoms with van der Waals surface area (Å²) in [6, 6.07) is 8.47. The minimum Gasteiger partial charge on any atom is -0.398 e. The zero-order chi connectivity index (χ0) is 17.3. The largest absolute Gasteiger partial charge is 0.398 e. The van der Waals surface area contributed by atoms with Crippen molar-refractivity contribution in [3.05, 3.63) is 46.5 Å². The monoisotopic (exact) mass is 346 g/mol. The van der Waals surface area contributed by atoms with Crippen LogP contribution in [0.3, 0.4) is 0 Å². The molecule has 0 aliphatic heterocycles. The van der Waals surface area contributed by atoms with E-state index in [1.165, 1.54) is 11.1 Å². The maximum atomic E-state index is 6.15. The van der Waals surface area contributed by atoms with Gasteiger partial charge in [-0.25, -0.2) is 0 Å². The van der Waals surface area contributed by atoms with Crippen molar-refractivity contribution in [1.29, 1.82) is 0 Å². The van der Waals surface area contributed by atoms with Crippen molar-refractivity contribution in [3.8, 4) is 0 Å². The molecule has 0 radical (unpaired) electrons. The lowest BCUT2D eigenvalue weighted by atomic mass is 9.93. The summed E-state index contributed by atoms with van der Waals surface area (Å²) in [5, 5.41) is 0. The molecule has 0 aliphatic rings. The predicted molar refractivity (Wildman–Crippen MR) is 107 cm³/mol. The Morgan fingerprint density at radius 3 is 1.39 bits per heavy atom. The Balaban J connectivity index is 2.44. The van der Waals surface area contributed by atoms with E-state index in [0.717, 1.165) is 38.7 Å². The summed E-state index contributed by atoms with van der Waals surface area (Å²) in [5.41, 5.74) is 18.6. The highest BCUT2D eigenvalue weighted by Crippen LogP contribution is 2.33. The van der Waals surface area contributed by atoms with E-state index in [2.05, 4.69) is 65.1 Å². The van der Waals surface area contributed by atoms with E-state index in [1.807, 2.05) is 12.1 Å². The molecule has 0 amide bonds. The lowest BCUT2D eigenvalue weighted by Gasteiger charge is -2.16. The van der Waals surface area contributed by atoms with Gasteiger partial charge in [0, 0.05) is 21.2 Å². The van der Waals surface area contributed by atoms with Crippen LogP contribution in [0.15, 0.2) is 34.1 Å². The number of benzene rings is 2. The van der Waals surface area contributed by atoms with Gasteiger partial charge in [-0.05, 0) is 52.6 Å². The van der Waals surface area contributed by atoms with Crippen molar-refractivity contribution in [2.24, 2.45) is 0 Å². The van der Waals surface area contributed by atoms with Crippen LogP contribution in [0, 0.1) is 0 Å². The molecule has 23 heavy (non-hydrogen) atoms. The van der Waals surface area contributed by atoms with Crippen LogP contribution < -0.4 is 11.5 Å². The first kappa shape index (κ1) is 18.1. The van der Waals surface area contributed by atoms with Crippen molar-refractivity contribution in [3.63, 3.8) is 0 Å². The number of nitrogen functional groups attached to an aromatic ring is 2. The van der Waals surface area contributed by atoms with Crippen LogP contribution in [0.4, 0.5) is 11.4 Å². The summed E-state index contributed by atoms with van der Waals surface area (Å²) in [4.78, 5) is 1.69. The van der Waals surface area contributed by atoms with E-state index in [9.17, 15) is 0 Å². The standard InChI is InChI=1S/C19H26N2S2/c1-10(2)14-6-12(8-16(22)18(14)20)5-13-7-15(11(3)4)19(21)17(23)9-13/h6-11,22-23H,5,20-21H2,1-4H3. The van der Waals surface area contributed by atoms with E-state index in [1.54, 1.807) is 0 Å². The Labute approximate surface area is 150 Å². The van der Waals surface area contributed by atoms with Crippen molar-refractivity contribution in [1.82, 2.24) is 0 Å². The number of rotatable bonds is 4. The lowest BCUT2D eigenvalue weighted by molar-refractivity contribution is 0.858. The molecule has 0 bridgehead atoms. The van der Waals surface area contributed by atoms with Crippen LogP contribution in [0.2, 0.25) is 0 Å². The fraction of sp³-hybridized carbons (Fsp3) is 0.368. The molecule has 0 unspecified atom stereocenters. The van der Waals surface area contributed by atoms with Crippen molar-refractivity contribution < 1.29 is 0 Å². The van der Waals surface area contributed by atoms with Gasteiger partial charge in [0.1, 0.15) is 0 Å². The van der Waals surface area contributed by atoms with Gasteiger partial charge < -0.3 is 11.5 Å². The average molecular weight is 347 g/mol. The van der Waals surface area contributed by atoms with Gasteiger partial charge in [0.25, 0.3) is 0 Å². The fourth-order valence-electron chi connectivity index (χ4n) is 2.84. The highest BCUT2D eigenvalue weighted by atomic mass is 32.1. The van der Waals surface area contributed by atoms with Crippen LogP contribution >= 0.6 is 25.3 Å². The molecule has 0 atom stereocenters. The maximum absolute atomic E-state index is 6.15. The van der Waals surface area contributed by atoms with E-state index in [0.29, 0.717) is 11.8 Å². The maximum Gasteiger partial charge on any atom is 0.0485 e. The van der Waals surface area contributed by atoms with Gasteiger partial charge in [-0.3, -0.25) is 0 Å². The third kappa shape index (κ3) is 3.99. The van der Waals surface area contributed by atoms with Gasteiger partial charge >= 0.3 is 0 Å². The minimum absolute atomic E-state index is 0.374. The van der Waals surface area contributed by atoms with Gasteiger partial charge in [0.05, 0.1) is 0 Å². The smallest absolute Gasteiger partial charge is 0.0485 e. The summed E-state index contributed by atoms with van der Waals surface area (Å²) < 4.78 is 0. The molecular formula is C19H26N2S2. The number of anilines is 2. The summed E-state index contributed by atoms with van der Waals surface area (Å²) >= 11 is 9.06. The quantitative estimate of drug-likeness (QED) is 0.450. The molecule has 2 aromatic carbocycles. The van der Waals surface area contributed by atoms with E-state index < -0.39 is 0 Å². The van der Waals surface area contributed by atoms with E-state index >= 15 is 0 Å². The number of hydrogen-bond donors (Lipinski definition) is 4. The molecular weight excluding hydrogens is 320 g/mol. The molecule has 2 nitrogen and oxygen atoms in total. The third-order valence-electron chi connectivity index (χ3n) is 4.15. The van der Waals surface area contributed by atoms with Crippen molar-refractivity contribution in [2.45, 2.75) is 55.7 Å². The van der Waals surface area contributed by atoms with Crippen LogP contribution in [0.5, 0.6) is 0 Å². The number of thiol groups is 2. The number of hydrogen-bond acceptors (Lipinski definition) is 4. The molecule has 0 aromatic heterocycles. The Hall–Kier alpha value is -1.26. The molecule has 0 saturated heterocycles. The molecule has 4 N–H and O–H groups in total. The van der Waals surface area contributed by atoms with Gasteiger partial charge in [0.15, 0.2) is 0 Å². The minimum atomic E-state index is 0.374.